The minimum atomic E-state index is -1.47. The number of benzene rings is 2. The maximum absolute atomic E-state index is 13.7. The van der Waals surface area contributed by atoms with Gasteiger partial charge in [-0.3, -0.25) is 19.7 Å². The van der Waals surface area contributed by atoms with Gasteiger partial charge in [0.05, 0.1) is 25.5 Å². The van der Waals surface area contributed by atoms with Crippen LogP contribution in [0.1, 0.15) is 58.3 Å². The van der Waals surface area contributed by atoms with Crippen LogP contribution in [0.2, 0.25) is 0 Å². The third kappa shape index (κ3) is 9.01. The molecule has 3 N–H and O–H groups in total. The molecule has 13 nitrogen and oxygen atoms in total. The Morgan fingerprint density at radius 1 is 0.979 bits per heavy atom. The summed E-state index contributed by atoms with van der Waals surface area (Å²) in [6.45, 7) is 4.37. The van der Waals surface area contributed by atoms with Crippen LogP contribution in [0.25, 0.3) is 0 Å². The number of hydrogen-bond acceptors (Lipinski definition) is 10. The van der Waals surface area contributed by atoms with Gasteiger partial charge < -0.3 is 24.8 Å². The molecule has 0 saturated heterocycles. The highest BCUT2D eigenvalue weighted by atomic mass is 32.1. The smallest absolute Gasteiger partial charge is 0.429 e. The molecule has 1 aliphatic rings. The van der Waals surface area contributed by atoms with Gasteiger partial charge in [-0.15, -0.1) is 11.3 Å². The maximum Gasteiger partial charge on any atom is 0.429 e. The number of urea groups is 1. The van der Waals surface area contributed by atoms with E-state index in [2.05, 4.69) is 16.0 Å². The molecule has 0 aliphatic carbocycles. The highest BCUT2D eigenvalue weighted by Crippen LogP contribution is 2.35. The predicted octanol–water partition coefficient (Wildman–Crippen LogP) is 4.41. The van der Waals surface area contributed by atoms with E-state index in [0.717, 1.165) is 16.9 Å². The third-order valence-electron chi connectivity index (χ3n) is 7.07. The molecule has 0 radical (unpaired) electrons. The van der Waals surface area contributed by atoms with Crippen molar-refractivity contribution < 1.29 is 47.5 Å². The number of quaternary nitrogens is 1. The van der Waals surface area contributed by atoms with Crippen LogP contribution < -0.4 is 20.7 Å². The SMILES string of the molecule is COc1ccc(CNC(=O)c2cc3c(s2)NC(=O)[N+](C)(CC(=O)C(CC(=O)OC(C)(C)C)NC(=O)OCc2ccccc2)C3=O)cc1. The van der Waals surface area contributed by atoms with Crippen molar-refractivity contribution in [2.45, 2.75) is 52.0 Å². The zero-order valence-corrected chi connectivity index (χ0v) is 27.5. The number of rotatable bonds is 12. The van der Waals surface area contributed by atoms with Gasteiger partial charge in [0.1, 0.15) is 34.6 Å². The fourth-order valence-electron chi connectivity index (χ4n) is 4.61. The van der Waals surface area contributed by atoms with Gasteiger partial charge in [-0.1, -0.05) is 42.5 Å². The third-order valence-corrected chi connectivity index (χ3v) is 8.12. The van der Waals surface area contributed by atoms with Gasteiger partial charge in [0, 0.05) is 6.54 Å². The normalized spacial score (nSPS) is 16.3. The average molecular weight is 666 g/mol. The summed E-state index contributed by atoms with van der Waals surface area (Å²) in [7, 11) is 2.80. The molecule has 0 bridgehead atoms. The molecule has 0 spiro atoms. The summed E-state index contributed by atoms with van der Waals surface area (Å²) in [5.41, 5.74) is 0.712. The maximum atomic E-state index is 13.7. The van der Waals surface area contributed by atoms with Crippen LogP contribution >= 0.6 is 11.3 Å². The van der Waals surface area contributed by atoms with Gasteiger partial charge in [0.25, 0.3) is 5.91 Å². The number of carbonyl (C=O) groups is 6. The Balaban J connectivity index is 1.47. The number of esters is 1. The van der Waals surface area contributed by atoms with Gasteiger partial charge in [-0.05, 0) is 50.1 Å². The molecule has 14 heteroatoms. The van der Waals surface area contributed by atoms with Crippen molar-refractivity contribution >= 4 is 52.0 Å². The van der Waals surface area contributed by atoms with Crippen LogP contribution in [0.3, 0.4) is 0 Å². The second kappa shape index (κ2) is 14.6. The summed E-state index contributed by atoms with van der Waals surface area (Å²) in [5, 5.41) is 7.96. The molecule has 5 amide bonds. The van der Waals surface area contributed by atoms with Crippen molar-refractivity contribution in [3.8, 4) is 5.75 Å². The lowest BCUT2D eigenvalue weighted by atomic mass is 10.1. The summed E-state index contributed by atoms with van der Waals surface area (Å²) in [6.07, 6.45) is -1.53. The topological polar surface area (TPSA) is 166 Å². The molecule has 2 atom stereocenters. The lowest BCUT2D eigenvalue weighted by Gasteiger charge is -2.32. The number of likely N-dealkylation sites (N-methyl/N-ethyl adjacent to an activating group) is 1. The Morgan fingerprint density at radius 3 is 2.30 bits per heavy atom. The van der Waals surface area contributed by atoms with E-state index in [9.17, 15) is 28.8 Å². The number of Topliss-reactive ketones (excluding diaryl/α,β-unsaturated/α-hetero) is 1. The highest BCUT2D eigenvalue weighted by molar-refractivity contribution is 7.18. The molecule has 0 fully saturated rings. The van der Waals surface area contributed by atoms with Crippen LogP contribution in [-0.2, 0) is 32.2 Å². The number of nitrogens with one attached hydrogen (secondary N) is 3. The summed E-state index contributed by atoms with van der Waals surface area (Å²) >= 11 is 0.929. The number of hydrogen-bond donors (Lipinski definition) is 3. The van der Waals surface area contributed by atoms with Gasteiger partial charge in [-0.2, -0.15) is 4.48 Å². The molecular weight excluding hydrogens is 628 g/mol. The van der Waals surface area contributed by atoms with Crippen molar-refractivity contribution in [3.63, 3.8) is 0 Å². The van der Waals surface area contributed by atoms with Gasteiger partial charge in [0.15, 0.2) is 6.54 Å². The Hall–Kier alpha value is -5.08. The number of alkyl carbamates (subject to hydrolysis) is 1. The Bertz CT molecular complexity index is 1670. The van der Waals surface area contributed by atoms with E-state index in [1.807, 2.05) is 0 Å². The molecule has 1 aliphatic heterocycles. The number of ether oxygens (including phenoxy) is 3. The number of imide groups is 1. The molecule has 0 saturated carbocycles. The second-order valence-corrected chi connectivity index (χ2v) is 13.0. The standard InChI is InChI=1S/C33H36N4O9S/c1-33(2,3)46-27(39)16-24(35-32(43)45-19-21-9-7-6-8-10-21)25(38)18-37(4)30(41)23-15-26(47-29(23)36-31(37)42)28(40)34-17-20-11-13-22(44-5)14-12-20/h6-15,24H,16-19H2,1-5H3,(H2-,34,35,36,40,41,42,43)/p+1. The molecule has 47 heavy (non-hydrogen) atoms. The molecular formula is C33H37N4O9S+. The van der Waals surface area contributed by atoms with Gasteiger partial charge in [-0.25, -0.2) is 14.4 Å². The predicted molar refractivity (Wildman–Crippen MR) is 172 cm³/mol. The van der Waals surface area contributed by atoms with Crippen molar-refractivity contribution in [2.75, 3.05) is 26.0 Å². The lowest BCUT2D eigenvalue weighted by molar-refractivity contribution is -0.733. The molecule has 248 valence electrons. The van der Waals surface area contributed by atoms with E-state index in [4.69, 9.17) is 14.2 Å². The first-order chi connectivity index (χ1) is 22.2. The molecule has 3 aromatic rings. The molecule has 2 unspecified atom stereocenters. The van der Waals surface area contributed by atoms with Crippen LogP contribution in [0, 0.1) is 0 Å². The number of amides is 5. The molecule has 2 heterocycles. The fraction of sp³-hybridized carbons (Fsp3) is 0.333. The Kier molecular flexibility index (Phi) is 10.8. The summed E-state index contributed by atoms with van der Waals surface area (Å²) in [4.78, 5) is 79.0. The summed E-state index contributed by atoms with van der Waals surface area (Å²) in [6, 6.07) is 15.1. The number of anilines is 1. The average Bonchev–Trinajstić information content (AvgIpc) is 3.45. The van der Waals surface area contributed by atoms with Crippen molar-refractivity contribution in [3.05, 3.63) is 82.2 Å². The Morgan fingerprint density at radius 2 is 1.66 bits per heavy atom. The minimum absolute atomic E-state index is 0.0541. The van der Waals surface area contributed by atoms with E-state index >= 15 is 0 Å². The number of ketones is 1. The van der Waals surface area contributed by atoms with Crippen molar-refractivity contribution in [2.24, 2.45) is 0 Å². The zero-order chi connectivity index (χ0) is 34.4. The zero-order valence-electron chi connectivity index (χ0n) is 26.7. The number of thiophene rings is 1. The number of methoxy groups -OCH3 is 1. The summed E-state index contributed by atoms with van der Waals surface area (Å²) < 4.78 is 14.7. The lowest BCUT2D eigenvalue weighted by Crippen LogP contribution is -2.62. The van der Waals surface area contributed by atoms with Gasteiger partial charge >= 0.3 is 24.0 Å². The quantitative estimate of drug-likeness (QED) is 0.188. The van der Waals surface area contributed by atoms with E-state index < -0.39 is 64.8 Å². The monoisotopic (exact) mass is 665 g/mol. The first-order valence-corrected chi connectivity index (χ1v) is 15.5. The highest BCUT2D eigenvalue weighted by Gasteiger charge is 2.50. The van der Waals surface area contributed by atoms with E-state index in [1.54, 1.807) is 82.5 Å². The molecule has 2 aromatic carbocycles. The fourth-order valence-corrected chi connectivity index (χ4v) is 5.57. The largest absolute Gasteiger partial charge is 0.497 e. The summed E-state index contributed by atoms with van der Waals surface area (Å²) in [5.74, 6) is -2.07. The number of carbonyl (C=O) groups excluding carboxylic acids is 6. The first-order valence-electron chi connectivity index (χ1n) is 14.7. The first kappa shape index (κ1) is 34.8. The van der Waals surface area contributed by atoms with Crippen LogP contribution in [0.4, 0.5) is 14.6 Å². The van der Waals surface area contributed by atoms with E-state index in [-0.39, 0.29) is 28.6 Å². The van der Waals surface area contributed by atoms with E-state index in [1.165, 1.54) is 13.1 Å². The van der Waals surface area contributed by atoms with Crippen LogP contribution in [-0.4, -0.2) is 72.5 Å². The van der Waals surface area contributed by atoms with Crippen molar-refractivity contribution in [1.82, 2.24) is 10.6 Å². The number of fused-ring (bicyclic) bond motifs is 1. The number of nitrogens with zero attached hydrogens (tertiary/aromatic N) is 1. The molecule has 1 aromatic heterocycles. The van der Waals surface area contributed by atoms with Crippen LogP contribution in [0.5, 0.6) is 5.75 Å². The van der Waals surface area contributed by atoms with Crippen molar-refractivity contribution in [1.29, 1.82) is 0 Å². The van der Waals surface area contributed by atoms with Gasteiger partial charge in [0.2, 0.25) is 5.78 Å². The van der Waals surface area contributed by atoms with E-state index in [0.29, 0.717) is 11.3 Å². The molecule has 4 rings (SSSR count). The minimum Gasteiger partial charge on any atom is -0.497 e. The second-order valence-electron chi connectivity index (χ2n) is 12.0. The van der Waals surface area contributed by atoms with Crippen LogP contribution in [0.15, 0.2) is 60.7 Å². The Labute approximate surface area is 275 Å².